The van der Waals surface area contributed by atoms with Gasteiger partial charge in [-0.15, -0.1) is 0 Å². The Morgan fingerprint density at radius 2 is 1.87 bits per heavy atom. The number of benzene rings is 1. The van der Waals surface area contributed by atoms with Crippen molar-refractivity contribution in [3.05, 3.63) is 87.6 Å². The number of aromatic nitrogens is 1. The van der Waals surface area contributed by atoms with Crippen LogP contribution in [0.4, 0.5) is 4.79 Å². The Morgan fingerprint density at radius 3 is 2.60 bits per heavy atom. The number of carbonyl (C=O) groups is 3. The zero-order chi connectivity index (χ0) is 21.3. The Kier molecular flexibility index (Phi) is 5.48. The van der Waals surface area contributed by atoms with Crippen molar-refractivity contribution in [2.24, 2.45) is 0 Å². The quantitative estimate of drug-likeness (QED) is 0.475. The van der Waals surface area contributed by atoms with Crippen molar-refractivity contribution >= 4 is 47.1 Å². The third-order valence-electron chi connectivity index (χ3n) is 4.59. The molecule has 0 aliphatic carbocycles. The molecule has 0 radical (unpaired) electrons. The fraction of sp³-hybridized carbons (Fsp3) is 0.0952. The predicted molar refractivity (Wildman–Crippen MR) is 111 cm³/mol. The number of hydrogen-bond donors (Lipinski definition) is 1. The van der Waals surface area contributed by atoms with Crippen LogP contribution in [0.2, 0.25) is 10.0 Å². The summed E-state index contributed by atoms with van der Waals surface area (Å²) in [7, 11) is 0. The highest BCUT2D eigenvalue weighted by molar-refractivity contribution is 6.35. The summed E-state index contributed by atoms with van der Waals surface area (Å²) in [6, 6.07) is 11.2. The molecule has 152 valence electrons. The van der Waals surface area contributed by atoms with Crippen molar-refractivity contribution in [3.8, 4) is 0 Å². The molecule has 9 heteroatoms. The first-order chi connectivity index (χ1) is 14.4. The Morgan fingerprint density at radius 1 is 1.03 bits per heavy atom. The molecule has 1 aromatic carbocycles. The molecule has 1 aliphatic heterocycles. The smallest absolute Gasteiger partial charge is 0.331 e. The minimum absolute atomic E-state index is 0.0797. The van der Waals surface area contributed by atoms with E-state index in [1.54, 1.807) is 42.6 Å². The highest BCUT2D eigenvalue weighted by Crippen LogP contribution is 2.23. The molecule has 0 bridgehead atoms. The van der Waals surface area contributed by atoms with Crippen LogP contribution < -0.4 is 5.32 Å². The van der Waals surface area contributed by atoms with Gasteiger partial charge < -0.3 is 8.98 Å². The number of hydrogen-bond acceptors (Lipinski definition) is 4. The molecule has 0 unspecified atom stereocenters. The van der Waals surface area contributed by atoms with Gasteiger partial charge in [0.05, 0.1) is 12.8 Å². The maximum absolute atomic E-state index is 12.8. The fourth-order valence-corrected chi connectivity index (χ4v) is 3.55. The number of amides is 4. The van der Waals surface area contributed by atoms with Gasteiger partial charge in [0.25, 0.3) is 11.8 Å². The van der Waals surface area contributed by atoms with E-state index in [1.807, 2.05) is 10.6 Å². The minimum Gasteiger partial charge on any atom is -0.467 e. The zero-order valence-corrected chi connectivity index (χ0v) is 17.0. The lowest BCUT2D eigenvalue weighted by Crippen LogP contribution is -2.53. The van der Waals surface area contributed by atoms with Gasteiger partial charge in [0, 0.05) is 28.5 Å². The summed E-state index contributed by atoms with van der Waals surface area (Å²) < 4.78 is 7.03. The summed E-state index contributed by atoms with van der Waals surface area (Å²) >= 11 is 12.2. The molecule has 2 aromatic heterocycles. The molecule has 0 saturated carbocycles. The molecule has 30 heavy (non-hydrogen) atoms. The molecule has 1 N–H and O–H groups in total. The lowest BCUT2D eigenvalue weighted by Gasteiger charge is -2.25. The largest absolute Gasteiger partial charge is 0.467 e. The maximum atomic E-state index is 12.8. The molecular formula is C21H15Cl2N3O4. The van der Waals surface area contributed by atoms with Gasteiger partial charge in [0.2, 0.25) is 0 Å². The van der Waals surface area contributed by atoms with Crippen molar-refractivity contribution < 1.29 is 18.8 Å². The fourth-order valence-electron chi connectivity index (χ4n) is 3.08. The third-order valence-corrected chi connectivity index (χ3v) is 5.18. The van der Waals surface area contributed by atoms with E-state index in [9.17, 15) is 14.4 Å². The van der Waals surface area contributed by atoms with Crippen LogP contribution >= 0.6 is 23.2 Å². The standard InChI is InChI=1S/C21H15Cl2N3O4/c22-14-6-5-13(18(23)9-14)11-25-7-1-3-15(25)10-17-19(27)24-21(29)26(20(17)28)12-16-4-2-8-30-16/h1-10H,11-12H2,(H,24,27,29). The summed E-state index contributed by atoms with van der Waals surface area (Å²) in [6.07, 6.45) is 4.69. The maximum Gasteiger partial charge on any atom is 0.331 e. The number of imide groups is 2. The average molecular weight is 444 g/mol. The lowest BCUT2D eigenvalue weighted by molar-refractivity contribution is -0.130. The van der Waals surface area contributed by atoms with Crippen molar-refractivity contribution in [2.75, 3.05) is 0 Å². The Labute approximate surface area is 181 Å². The summed E-state index contributed by atoms with van der Waals surface area (Å²) in [5, 5.41) is 3.23. The number of barbiturate groups is 1. The summed E-state index contributed by atoms with van der Waals surface area (Å²) in [6.45, 7) is 0.330. The average Bonchev–Trinajstić information content (AvgIpc) is 3.36. The zero-order valence-electron chi connectivity index (χ0n) is 15.5. The van der Waals surface area contributed by atoms with E-state index in [-0.39, 0.29) is 12.1 Å². The van der Waals surface area contributed by atoms with Crippen molar-refractivity contribution in [3.63, 3.8) is 0 Å². The number of furan rings is 1. The second-order valence-corrected chi connectivity index (χ2v) is 7.43. The Bertz CT molecular complexity index is 1160. The van der Waals surface area contributed by atoms with Gasteiger partial charge in [-0.2, -0.15) is 0 Å². The van der Waals surface area contributed by atoms with E-state index in [2.05, 4.69) is 5.32 Å². The molecule has 7 nitrogen and oxygen atoms in total. The van der Waals surface area contributed by atoms with Crippen LogP contribution in [0, 0.1) is 0 Å². The van der Waals surface area contributed by atoms with E-state index in [1.165, 1.54) is 12.3 Å². The monoisotopic (exact) mass is 443 g/mol. The number of nitrogens with one attached hydrogen (secondary N) is 1. The summed E-state index contributed by atoms with van der Waals surface area (Å²) in [4.78, 5) is 38.2. The van der Waals surface area contributed by atoms with Crippen molar-refractivity contribution in [2.45, 2.75) is 13.1 Å². The van der Waals surface area contributed by atoms with E-state index in [4.69, 9.17) is 27.6 Å². The number of carbonyl (C=O) groups excluding carboxylic acids is 3. The van der Waals surface area contributed by atoms with E-state index < -0.39 is 17.8 Å². The van der Waals surface area contributed by atoms with Crippen LogP contribution in [0.15, 0.2) is 64.9 Å². The normalized spacial score (nSPS) is 15.7. The highest BCUT2D eigenvalue weighted by Gasteiger charge is 2.36. The second-order valence-electron chi connectivity index (χ2n) is 6.58. The van der Waals surface area contributed by atoms with Crippen LogP contribution in [0.25, 0.3) is 6.08 Å². The molecule has 1 fully saturated rings. The van der Waals surface area contributed by atoms with Crippen LogP contribution in [0.1, 0.15) is 17.0 Å². The third kappa shape index (κ3) is 4.03. The second kappa shape index (κ2) is 8.22. The molecule has 3 aromatic rings. The number of rotatable bonds is 5. The minimum atomic E-state index is -0.790. The molecule has 3 heterocycles. The van der Waals surface area contributed by atoms with Gasteiger partial charge in [-0.05, 0) is 48.0 Å². The molecule has 4 amide bonds. The molecule has 1 saturated heterocycles. The van der Waals surface area contributed by atoms with Gasteiger partial charge in [-0.1, -0.05) is 29.3 Å². The van der Waals surface area contributed by atoms with Gasteiger partial charge in [0.1, 0.15) is 11.3 Å². The Balaban J connectivity index is 1.62. The van der Waals surface area contributed by atoms with Crippen LogP contribution in [0.5, 0.6) is 0 Å². The first-order valence-corrected chi connectivity index (χ1v) is 9.68. The van der Waals surface area contributed by atoms with E-state index >= 15 is 0 Å². The topological polar surface area (TPSA) is 84.6 Å². The summed E-state index contributed by atoms with van der Waals surface area (Å²) in [5.41, 5.74) is 1.28. The molecule has 0 spiro atoms. The van der Waals surface area contributed by atoms with Gasteiger partial charge >= 0.3 is 6.03 Å². The Hall–Kier alpha value is -3.29. The van der Waals surface area contributed by atoms with Crippen LogP contribution in [0.3, 0.4) is 0 Å². The first kappa shape index (κ1) is 20.0. The summed E-state index contributed by atoms with van der Waals surface area (Å²) in [5.74, 6) is -1.02. The van der Waals surface area contributed by atoms with E-state index in [0.717, 1.165) is 10.5 Å². The number of nitrogens with zero attached hydrogens (tertiary/aromatic N) is 2. The lowest BCUT2D eigenvalue weighted by atomic mass is 10.1. The van der Waals surface area contributed by atoms with Gasteiger partial charge in [-0.25, -0.2) is 4.79 Å². The van der Waals surface area contributed by atoms with Crippen LogP contribution in [-0.2, 0) is 22.7 Å². The highest BCUT2D eigenvalue weighted by atomic mass is 35.5. The molecule has 1 aliphatic rings. The molecule has 4 rings (SSSR count). The predicted octanol–water partition coefficient (Wildman–Crippen LogP) is 4.10. The molecule has 0 atom stereocenters. The number of urea groups is 1. The van der Waals surface area contributed by atoms with Gasteiger partial charge in [-0.3, -0.25) is 19.8 Å². The van der Waals surface area contributed by atoms with E-state index in [0.29, 0.717) is 28.0 Å². The molecular weight excluding hydrogens is 429 g/mol. The van der Waals surface area contributed by atoms with Crippen molar-refractivity contribution in [1.29, 1.82) is 0 Å². The van der Waals surface area contributed by atoms with Crippen LogP contribution in [-0.4, -0.2) is 27.3 Å². The van der Waals surface area contributed by atoms with Gasteiger partial charge in [0.15, 0.2) is 0 Å². The first-order valence-electron chi connectivity index (χ1n) is 8.92. The SMILES string of the molecule is O=C1NC(=O)N(Cc2ccco2)C(=O)C1=Cc1cccn1Cc1ccc(Cl)cc1Cl. The van der Waals surface area contributed by atoms with Crippen molar-refractivity contribution in [1.82, 2.24) is 14.8 Å². The number of halogens is 2.